The molecule has 0 spiro atoms. The fourth-order valence-corrected chi connectivity index (χ4v) is 2.30. The summed E-state index contributed by atoms with van der Waals surface area (Å²) < 4.78 is 2.09. The second-order valence-electron chi connectivity index (χ2n) is 4.05. The van der Waals surface area contributed by atoms with Gasteiger partial charge in [0.2, 0.25) is 6.41 Å². The van der Waals surface area contributed by atoms with Crippen LogP contribution in [0.2, 0.25) is 0 Å². The van der Waals surface area contributed by atoms with E-state index in [0.717, 1.165) is 28.1 Å². The number of aryl methyl sites for hydroxylation is 1. The summed E-state index contributed by atoms with van der Waals surface area (Å²) in [6.45, 7) is 1.99. The number of carbonyl (C=O) groups is 1. The molecule has 6 heteroatoms. The molecule has 0 aliphatic carbocycles. The van der Waals surface area contributed by atoms with Gasteiger partial charge in [0.05, 0.1) is 17.4 Å². The van der Waals surface area contributed by atoms with E-state index in [-0.39, 0.29) is 0 Å². The predicted molar refractivity (Wildman–Crippen MR) is 72.9 cm³/mol. The number of hydrogen-bond acceptors (Lipinski definition) is 4. The van der Waals surface area contributed by atoms with Gasteiger partial charge in [-0.25, -0.2) is 9.97 Å². The molecular formula is C12H14N4OS. The van der Waals surface area contributed by atoms with Gasteiger partial charge in [-0.15, -0.1) is 11.3 Å². The van der Waals surface area contributed by atoms with Crippen molar-refractivity contribution >= 4 is 33.7 Å². The molecule has 3 aromatic heterocycles. The molecule has 0 fully saturated rings. The van der Waals surface area contributed by atoms with Crippen LogP contribution in [0.25, 0.3) is 16.0 Å². The number of thiophene rings is 1. The first-order valence-corrected chi connectivity index (χ1v) is 6.29. The minimum absolute atomic E-state index is 0.750. The van der Waals surface area contributed by atoms with Crippen molar-refractivity contribution in [2.24, 2.45) is 0 Å². The van der Waals surface area contributed by atoms with Crippen molar-refractivity contribution in [3.05, 3.63) is 29.5 Å². The summed E-state index contributed by atoms with van der Waals surface area (Å²) in [6.07, 6.45) is 4.60. The van der Waals surface area contributed by atoms with Gasteiger partial charge in [-0.2, -0.15) is 0 Å². The third kappa shape index (κ3) is 2.48. The Morgan fingerprint density at radius 1 is 1.44 bits per heavy atom. The molecule has 94 valence electrons. The van der Waals surface area contributed by atoms with Crippen LogP contribution in [0, 0.1) is 6.92 Å². The zero-order chi connectivity index (χ0) is 13.1. The number of amides is 1. The Morgan fingerprint density at radius 2 is 2.17 bits per heavy atom. The summed E-state index contributed by atoms with van der Waals surface area (Å²) in [5.74, 6) is 0. The van der Waals surface area contributed by atoms with Crippen LogP contribution in [-0.4, -0.2) is 39.8 Å². The van der Waals surface area contributed by atoms with Crippen molar-refractivity contribution in [1.29, 1.82) is 0 Å². The van der Waals surface area contributed by atoms with E-state index in [2.05, 4.69) is 14.4 Å². The highest BCUT2D eigenvalue weighted by atomic mass is 32.1. The molecular weight excluding hydrogens is 248 g/mol. The SMILES string of the molecule is CN(C)C=O.Cc1cn2c(cnc3ccsc32)n1. The fraction of sp³-hybridized carbons (Fsp3) is 0.250. The molecule has 3 rings (SSSR count). The van der Waals surface area contributed by atoms with Crippen LogP contribution in [0.15, 0.2) is 23.8 Å². The van der Waals surface area contributed by atoms with Crippen molar-refractivity contribution in [1.82, 2.24) is 19.3 Å². The van der Waals surface area contributed by atoms with Crippen LogP contribution in [-0.2, 0) is 4.79 Å². The Hall–Kier alpha value is -1.95. The average molecular weight is 262 g/mol. The normalized spacial score (nSPS) is 10.2. The zero-order valence-corrected chi connectivity index (χ0v) is 11.3. The molecule has 0 aromatic carbocycles. The summed E-state index contributed by atoms with van der Waals surface area (Å²) in [5, 5.41) is 2.05. The first-order valence-electron chi connectivity index (χ1n) is 5.41. The van der Waals surface area contributed by atoms with Crippen molar-refractivity contribution in [2.45, 2.75) is 6.92 Å². The van der Waals surface area contributed by atoms with E-state index in [9.17, 15) is 4.79 Å². The van der Waals surface area contributed by atoms with Gasteiger partial charge >= 0.3 is 0 Å². The van der Waals surface area contributed by atoms with Crippen molar-refractivity contribution in [3.8, 4) is 0 Å². The highest BCUT2D eigenvalue weighted by Gasteiger charge is 2.03. The van der Waals surface area contributed by atoms with Crippen LogP contribution >= 0.6 is 11.3 Å². The molecule has 0 saturated heterocycles. The van der Waals surface area contributed by atoms with E-state index in [1.807, 2.05) is 30.8 Å². The van der Waals surface area contributed by atoms with E-state index in [0.29, 0.717) is 0 Å². The van der Waals surface area contributed by atoms with E-state index in [1.54, 1.807) is 25.4 Å². The molecule has 5 nitrogen and oxygen atoms in total. The molecule has 18 heavy (non-hydrogen) atoms. The maximum atomic E-state index is 9.43. The van der Waals surface area contributed by atoms with Crippen molar-refractivity contribution < 1.29 is 4.79 Å². The van der Waals surface area contributed by atoms with Gasteiger partial charge in [-0.1, -0.05) is 0 Å². The number of aromatic nitrogens is 3. The topological polar surface area (TPSA) is 50.5 Å². The molecule has 0 aliphatic heterocycles. The highest BCUT2D eigenvalue weighted by Crippen LogP contribution is 2.19. The standard InChI is InChI=1S/C9H7N3S.C3H7NO/c1-6-5-12-8(11-6)4-10-7-2-3-13-9(7)12;1-4(2)3-5/h2-5H,1H3;3H,1-2H3. The Kier molecular flexibility index (Phi) is 3.57. The van der Waals surface area contributed by atoms with E-state index in [1.165, 1.54) is 4.90 Å². The molecule has 3 aromatic rings. The minimum Gasteiger partial charge on any atom is -0.351 e. The second kappa shape index (κ2) is 5.14. The molecule has 3 heterocycles. The first kappa shape index (κ1) is 12.5. The third-order valence-electron chi connectivity index (χ3n) is 2.23. The Morgan fingerprint density at radius 3 is 2.83 bits per heavy atom. The molecule has 0 saturated carbocycles. The quantitative estimate of drug-likeness (QED) is 0.630. The molecule has 0 atom stereocenters. The summed E-state index contributed by atoms with van der Waals surface area (Å²) in [6, 6.07) is 2.02. The second-order valence-corrected chi connectivity index (χ2v) is 4.94. The third-order valence-corrected chi connectivity index (χ3v) is 3.13. The van der Waals surface area contributed by atoms with Gasteiger partial charge in [-0.05, 0) is 18.4 Å². The summed E-state index contributed by atoms with van der Waals surface area (Å²) >= 11 is 1.69. The van der Waals surface area contributed by atoms with Gasteiger partial charge in [0.15, 0.2) is 5.65 Å². The number of imidazole rings is 1. The number of fused-ring (bicyclic) bond motifs is 3. The molecule has 0 aliphatic rings. The summed E-state index contributed by atoms with van der Waals surface area (Å²) in [7, 11) is 3.38. The number of carbonyl (C=O) groups excluding carboxylic acids is 1. The zero-order valence-electron chi connectivity index (χ0n) is 10.5. The lowest BCUT2D eigenvalue weighted by molar-refractivity contribution is -0.115. The van der Waals surface area contributed by atoms with Gasteiger partial charge in [0.25, 0.3) is 0 Å². The predicted octanol–water partition coefficient (Wildman–Crippen LogP) is 1.96. The molecule has 1 amide bonds. The number of hydrogen-bond donors (Lipinski definition) is 0. The average Bonchev–Trinajstić information content (AvgIpc) is 2.93. The highest BCUT2D eigenvalue weighted by molar-refractivity contribution is 7.16. The molecule has 0 radical (unpaired) electrons. The minimum atomic E-state index is 0.750. The largest absolute Gasteiger partial charge is 0.351 e. The Bertz CT molecular complexity index is 671. The van der Waals surface area contributed by atoms with Gasteiger partial charge in [0.1, 0.15) is 4.83 Å². The molecule has 0 unspecified atom stereocenters. The Labute approximate surface area is 109 Å². The summed E-state index contributed by atoms with van der Waals surface area (Å²) in [4.78, 5) is 20.7. The van der Waals surface area contributed by atoms with Crippen LogP contribution in [0.3, 0.4) is 0 Å². The van der Waals surface area contributed by atoms with Gasteiger partial charge < -0.3 is 4.90 Å². The maximum Gasteiger partial charge on any atom is 0.209 e. The maximum absolute atomic E-state index is 9.43. The van der Waals surface area contributed by atoms with Crippen LogP contribution in [0.5, 0.6) is 0 Å². The lowest BCUT2D eigenvalue weighted by atomic mass is 10.5. The molecule has 0 bridgehead atoms. The smallest absolute Gasteiger partial charge is 0.209 e. The number of nitrogens with zero attached hydrogens (tertiary/aromatic N) is 4. The summed E-state index contributed by atoms with van der Waals surface area (Å²) in [5.41, 5.74) is 2.99. The lowest BCUT2D eigenvalue weighted by Gasteiger charge is -1.93. The Balaban J connectivity index is 0.000000209. The fourth-order valence-electron chi connectivity index (χ4n) is 1.47. The van der Waals surface area contributed by atoms with Crippen LogP contribution in [0.4, 0.5) is 0 Å². The van der Waals surface area contributed by atoms with Crippen molar-refractivity contribution in [2.75, 3.05) is 14.1 Å². The first-order chi connectivity index (χ1) is 8.61. The number of rotatable bonds is 1. The monoisotopic (exact) mass is 262 g/mol. The van der Waals surface area contributed by atoms with E-state index in [4.69, 9.17) is 0 Å². The van der Waals surface area contributed by atoms with E-state index < -0.39 is 0 Å². The lowest BCUT2D eigenvalue weighted by Crippen LogP contribution is -2.06. The van der Waals surface area contributed by atoms with E-state index >= 15 is 0 Å². The van der Waals surface area contributed by atoms with Gasteiger partial charge in [0, 0.05) is 20.3 Å². The van der Waals surface area contributed by atoms with Crippen LogP contribution in [0.1, 0.15) is 5.69 Å². The van der Waals surface area contributed by atoms with Crippen LogP contribution < -0.4 is 0 Å². The molecule has 0 N–H and O–H groups in total. The van der Waals surface area contributed by atoms with Gasteiger partial charge in [-0.3, -0.25) is 9.20 Å². The van der Waals surface area contributed by atoms with Crippen molar-refractivity contribution in [3.63, 3.8) is 0 Å².